The van der Waals surface area contributed by atoms with Gasteiger partial charge in [0.1, 0.15) is 5.75 Å². The molecule has 0 saturated heterocycles. The average molecular weight is 457 g/mol. The highest BCUT2D eigenvalue weighted by Crippen LogP contribution is 2.22. The molecule has 0 aromatic heterocycles. The van der Waals surface area contributed by atoms with Gasteiger partial charge in [-0.1, -0.05) is 121 Å². The monoisotopic (exact) mass is 456 g/mol. The van der Waals surface area contributed by atoms with E-state index in [1.807, 2.05) is 13.0 Å². The largest absolute Gasteiger partial charge is 0.505 e. The second-order valence-electron chi connectivity index (χ2n) is 8.39. The molecule has 0 amide bonds. The Morgan fingerprint density at radius 1 is 0.636 bits per heavy atom. The van der Waals surface area contributed by atoms with Gasteiger partial charge in [-0.05, 0) is 36.1 Å². The fourth-order valence-corrected chi connectivity index (χ4v) is 3.46. The van der Waals surface area contributed by atoms with Crippen molar-refractivity contribution in [2.45, 2.75) is 90.9 Å². The molecule has 0 aliphatic rings. The van der Waals surface area contributed by atoms with Crippen LogP contribution >= 0.6 is 0 Å². The molecule has 0 bridgehead atoms. The van der Waals surface area contributed by atoms with Gasteiger partial charge >= 0.3 is 6.16 Å². The Hall–Kier alpha value is -2.49. The Morgan fingerprint density at radius 2 is 1.15 bits per heavy atom. The predicted molar refractivity (Wildman–Crippen MR) is 138 cm³/mol. The molecule has 2 rings (SSSR count). The third kappa shape index (κ3) is 15.9. The Labute approximate surface area is 201 Å². The molecule has 0 heterocycles. The van der Waals surface area contributed by atoms with Crippen LogP contribution in [0.1, 0.15) is 90.9 Å². The number of carboxylic acid groups (broad SMARTS) is 1. The van der Waals surface area contributed by atoms with Gasteiger partial charge in [0, 0.05) is 0 Å². The van der Waals surface area contributed by atoms with Crippen molar-refractivity contribution in [3.63, 3.8) is 0 Å². The minimum Gasteiger partial charge on any atom is -0.494 e. The second-order valence-corrected chi connectivity index (χ2v) is 8.39. The summed E-state index contributed by atoms with van der Waals surface area (Å²) in [5, 5.41) is 7.92. The minimum absolute atomic E-state index is 0.325. The van der Waals surface area contributed by atoms with Gasteiger partial charge < -0.3 is 14.6 Å². The van der Waals surface area contributed by atoms with Crippen molar-refractivity contribution in [3.8, 4) is 16.9 Å². The molecule has 0 atom stereocenters. The first-order valence-electron chi connectivity index (χ1n) is 12.8. The van der Waals surface area contributed by atoms with Crippen LogP contribution in [0, 0.1) is 0 Å². The first-order valence-corrected chi connectivity index (χ1v) is 12.8. The molecule has 4 nitrogen and oxygen atoms in total. The second kappa shape index (κ2) is 20.1. The highest BCUT2D eigenvalue weighted by atomic mass is 16.7. The molecule has 184 valence electrons. The van der Waals surface area contributed by atoms with E-state index in [2.05, 4.69) is 60.2 Å². The van der Waals surface area contributed by atoms with Crippen molar-refractivity contribution >= 4 is 6.16 Å². The van der Waals surface area contributed by atoms with Crippen LogP contribution in [0.3, 0.4) is 0 Å². The number of rotatable bonds is 16. The Balaban J connectivity index is 0.000000582. The number of unbranched alkanes of at least 4 members (excludes halogenated alkanes) is 10. The van der Waals surface area contributed by atoms with Crippen LogP contribution in [0.4, 0.5) is 4.79 Å². The zero-order valence-electron chi connectivity index (χ0n) is 20.8. The van der Waals surface area contributed by atoms with E-state index in [1.54, 1.807) is 0 Å². The van der Waals surface area contributed by atoms with Crippen molar-refractivity contribution < 1.29 is 19.4 Å². The SMILES string of the molecule is CCCCCCCCCCCCOc1ccc(-c2ccccc2)cc1.CCCCOC(=O)O. The maximum absolute atomic E-state index is 9.65. The summed E-state index contributed by atoms with van der Waals surface area (Å²) in [5.74, 6) is 0.982. The van der Waals surface area contributed by atoms with Gasteiger partial charge in [0.25, 0.3) is 0 Å². The van der Waals surface area contributed by atoms with Crippen molar-refractivity contribution in [3.05, 3.63) is 54.6 Å². The van der Waals surface area contributed by atoms with Crippen LogP contribution in [0.2, 0.25) is 0 Å². The van der Waals surface area contributed by atoms with Crippen LogP contribution in [-0.2, 0) is 4.74 Å². The molecule has 0 aliphatic carbocycles. The van der Waals surface area contributed by atoms with Gasteiger partial charge in [0.15, 0.2) is 0 Å². The van der Waals surface area contributed by atoms with Gasteiger partial charge in [0.05, 0.1) is 13.2 Å². The first kappa shape index (κ1) is 28.5. The maximum atomic E-state index is 9.65. The molecule has 33 heavy (non-hydrogen) atoms. The fourth-order valence-electron chi connectivity index (χ4n) is 3.46. The number of hydrogen-bond acceptors (Lipinski definition) is 3. The van der Waals surface area contributed by atoms with E-state index in [0.717, 1.165) is 31.6 Å². The van der Waals surface area contributed by atoms with Crippen LogP contribution in [-0.4, -0.2) is 24.5 Å². The molecule has 0 unspecified atom stereocenters. The summed E-state index contributed by atoms with van der Waals surface area (Å²) in [6, 6.07) is 18.9. The zero-order chi connectivity index (χ0) is 24.0. The van der Waals surface area contributed by atoms with Crippen LogP contribution in [0.5, 0.6) is 5.75 Å². The maximum Gasteiger partial charge on any atom is 0.505 e. The number of benzene rings is 2. The van der Waals surface area contributed by atoms with Crippen molar-refractivity contribution in [1.82, 2.24) is 0 Å². The first-order chi connectivity index (χ1) is 16.2. The normalized spacial score (nSPS) is 10.2. The Bertz CT molecular complexity index is 697. The summed E-state index contributed by atoms with van der Waals surface area (Å²) < 4.78 is 10.1. The average Bonchev–Trinajstić information content (AvgIpc) is 2.84. The van der Waals surface area contributed by atoms with Crippen molar-refractivity contribution in [2.75, 3.05) is 13.2 Å². The van der Waals surface area contributed by atoms with Gasteiger partial charge in [0.2, 0.25) is 0 Å². The standard InChI is InChI=1S/C24H34O.C5H10O3/c1-2-3-4-5-6-7-8-9-10-14-21-25-24-19-17-23(18-20-24)22-15-12-11-13-16-22;1-2-3-4-8-5(6)7/h11-13,15-20H,2-10,14,21H2,1H3;2-4H2,1H3,(H,6,7). The quantitative estimate of drug-likeness (QED) is 0.202. The van der Waals surface area contributed by atoms with Crippen molar-refractivity contribution in [2.24, 2.45) is 0 Å². The molecule has 4 heteroatoms. The van der Waals surface area contributed by atoms with E-state index in [9.17, 15) is 4.79 Å². The Morgan fingerprint density at radius 3 is 1.70 bits per heavy atom. The molecule has 0 radical (unpaired) electrons. The molecule has 2 aromatic rings. The van der Waals surface area contributed by atoms with E-state index in [0.29, 0.717) is 6.61 Å². The molecule has 0 saturated carbocycles. The highest BCUT2D eigenvalue weighted by Gasteiger charge is 1.99. The van der Waals surface area contributed by atoms with E-state index in [4.69, 9.17) is 9.84 Å². The summed E-state index contributed by atoms with van der Waals surface area (Å²) in [6.07, 6.45) is 14.2. The minimum atomic E-state index is -1.18. The zero-order valence-corrected chi connectivity index (χ0v) is 20.8. The third-order valence-corrected chi connectivity index (χ3v) is 5.45. The molecular weight excluding hydrogens is 412 g/mol. The number of hydrogen-bond donors (Lipinski definition) is 1. The molecule has 2 aromatic carbocycles. The summed E-state index contributed by atoms with van der Waals surface area (Å²) in [6.45, 7) is 5.41. The lowest BCUT2D eigenvalue weighted by atomic mass is 10.1. The molecule has 0 spiro atoms. The summed E-state index contributed by atoms with van der Waals surface area (Å²) in [4.78, 5) is 9.65. The number of carbonyl (C=O) groups is 1. The Kier molecular flexibility index (Phi) is 17.4. The molecule has 0 aliphatic heterocycles. The predicted octanol–water partition coefficient (Wildman–Crippen LogP) is 9.13. The summed E-state index contributed by atoms with van der Waals surface area (Å²) in [7, 11) is 0. The summed E-state index contributed by atoms with van der Waals surface area (Å²) >= 11 is 0. The molecular formula is C29H44O4. The van der Waals surface area contributed by atoms with Gasteiger partial charge in [-0.25, -0.2) is 4.79 Å². The summed E-state index contributed by atoms with van der Waals surface area (Å²) in [5.41, 5.74) is 2.50. The smallest absolute Gasteiger partial charge is 0.494 e. The van der Waals surface area contributed by atoms with Crippen LogP contribution in [0.25, 0.3) is 11.1 Å². The number of ether oxygens (including phenoxy) is 2. The van der Waals surface area contributed by atoms with E-state index in [1.165, 1.54) is 68.9 Å². The van der Waals surface area contributed by atoms with Gasteiger partial charge in [-0.3, -0.25) is 0 Å². The van der Waals surface area contributed by atoms with Crippen LogP contribution < -0.4 is 4.74 Å². The van der Waals surface area contributed by atoms with E-state index >= 15 is 0 Å². The van der Waals surface area contributed by atoms with Crippen molar-refractivity contribution in [1.29, 1.82) is 0 Å². The fraction of sp³-hybridized carbons (Fsp3) is 0.552. The topological polar surface area (TPSA) is 55.8 Å². The lowest BCUT2D eigenvalue weighted by molar-refractivity contribution is 0.0905. The third-order valence-electron chi connectivity index (χ3n) is 5.45. The lowest BCUT2D eigenvalue weighted by Crippen LogP contribution is -2.00. The highest BCUT2D eigenvalue weighted by molar-refractivity contribution is 5.63. The van der Waals surface area contributed by atoms with E-state index in [-0.39, 0.29) is 0 Å². The van der Waals surface area contributed by atoms with Gasteiger partial charge in [-0.15, -0.1) is 0 Å². The van der Waals surface area contributed by atoms with E-state index < -0.39 is 6.16 Å². The van der Waals surface area contributed by atoms with Gasteiger partial charge in [-0.2, -0.15) is 0 Å². The molecule has 0 fully saturated rings. The van der Waals surface area contributed by atoms with Crippen LogP contribution in [0.15, 0.2) is 54.6 Å². The molecule has 1 N–H and O–H groups in total. The lowest BCUT2D eigenvalue weighted by Gasteiger charge is -2.07.